The van der Waals surface area contributed by atoms with Gasteiger partial charge in [0.15, 0.2) is 0 Å². The molecular formula is C10H21ClN4O2. The molecule has 0 spiro atoms. The first kappa shape index (κ1) is 16.1. The van der Waals surface area contributed by atoms with Crippen LogP contribution < -0.4 is 16.0 Å². The van der Waals surface area contributed by atoms with Crippen molar-refractivity contribution in [2.45, 2.75) is 19.9 Å². The molecule has 6 nitrogen and oxygen atoms in total. The number of halogens is 1. The standard InChI is InChI=1S/C10H20N4O2.ClH/c1-3-12-10(16)13-9(15)7-14-5-4-11-6-8(14)2;/h8,11H,3-7H2,1-2H3,(H2,12,13,15,16);1H/t8-;/m0./s1. The Kier molecular flexibility index (Phi) is 7.86. The fraction of sp³-hybridized carbons (Fsp3) is 0.800. The molecule has 0 aliphatic carbocycles. The van der Waals surface area contributed by atoms with Gasteiger partial charge in [0, 0.05) is 32.2 Å². The van der Waals surface area contributed by atoms with E-state index in [2.05, 4.69) is 27.8 Å². The van der Waals surface area contributed by atoms with Crippen molar-refractivity contribution >= 4 is 24.3 Å². The lowest BCUT2D eigenvalue weighted by Crippen LogP contribution is -2.53. The summed E-state index contributed by atoms with van der Waals surface area (Å²) in [5, 5.41) is 8.07. The number of urea groups is 1. The third kappa shape index (κ3) is 5.86. The fourth-order valence-corrected chi connectivity index (χ4v) is 1.67. The van der Waals surface area contributed by atoms with Crippen LogP contribution in [-0.4, -0.2) is 55.6 Å². The van der Waals surface area contributed by atoms with E-state index in [1.165, 1.54) is 0 Å². The summed E-state index contributed by atoms with van der Waals surface area (Å²) in [5.41, 5.74) is 0. The second-order valence-electron chi connectivity index (χ2n) is 3.93. The van der Waals surface area contributed by atoms with E-state index >= 15 is 0 Å². The molecule has 1 saturated heterocycles. The Hall–Kier alpha value is -0.850. The van der Waals surface area contributed by atoms with E-state index < -0.39 is 6.03 Å². The Balaban J connectivity index is 0.00000256. The zero-order chi connectivity index (χ0) is 12.0. The Bertz CT molecular complexity index is 263. The molecule has 1 aliphatic heterocycles. The molecule has 3 N–H and O–H groups in total. The third-order valence-corrected chi connectivity index (χ3v) is 2.58. The van der Waals surface area contributed by atoms with Crippen molar-refractivity contribution in [1.29, 1.82) is 0 Å². The van der Waals surface area contributed by atoms with Gasteiger partial charge >= 0.3 is 6.03 Å². The van der Waals surface area contributed by atoms with Crippen LogP contribution in [0.3, 0.4) is 0 Å². The van der Waals surface area contributed by atoms with Gasteiger partial charge in [0.2, 0.25) is 5.91 Å². The SMILES string of the molecule is CCNC(=O)NC(=O)CN1CCNC[C@@H]1C.Cl. The molecule has 0 aromatic rings. The van der Waals surface area contributed by atoms with Gasteiger partial charge in [0.25, 0.3) is 0 Å². The number of carbonyl (C=O) groups is 2. The Morgan fingerprint density at radius 1 is 1.47 bits per heavy atom. The van der Waals surface area contributed by atoms with Crippen LogP contribution in [0.15, 0.2) is 0 Å². The van der Waals surface area contributed by atoms with Crippen LogP contribution in [0.25, 0.3) is 0 Å². The lowest BCUT2D eigenvalue weighted by Gasteiger charge is -2.33. The van der Waals surface area contributed by atoms with E-state index in [9.17, 15) is 9.59 Å². The highest BCUT2D eigenvalue weighted by Crippen LogP contribution is 2.00. The minimum Gasteiger partial charge on any atom is -0.338 e. The average Bonchev–Trinajstić information content (AvgIpc) is 2.21. The van der Waals surface area contributed by atoms with Crippen LogP contribution in [0.2, 0.25) is 0 Å². The highest BCUT2D eigenvalue weighted by molar-refractivity contribution is 5.95. The van der Waals surface area contributed by atoms with Crippen molar-refractivity contribution in [3.05, 3.63) is 0 Å². The summed E-state index contributed by atoms with van der Waals surface area (Å²) in [6.45, 7) is 7.27. The maximum absolute atomic E-state index is 11.5. The predicted octanol–water partition coefficient (Wildman–Crippen LogP) is -0.452. The van der Waals surface area contributed by atoms with E-state index in [1.54, 1.807) is 0 Å². The number of hydrogen-bond donors (Lipinski definition) is 3. The quantitative estimate of drug-likeness (QED) is 0.646. The van der Waals surface area contributed by atoms with Crippen LogP contribution in [0.4, 0.5) is 4.79 Å². The van der Waals surface area contributed by atoms with Gasteiger partial charge in [-0.25, -0.2) is 4.79 Å². The predicted molar refractivity (Wildman–Crippen MR) is 68.4 cm³/mol. The maximum Gasteiger partial charge on any atom is 0.321 e. The first-order valence-electron chi connectivity index (χ1n) is 5.66. The van der Waals surface area contributed by atoms with Crippen molar-refractivity contribution in [2.75, 3.05) is 32.7 Å². The van der Waals surface area contributed by atoms with E-state index in [4.69, 9.17) is 0 Å². The van der Waals surface area contributed by atoms with Crippen LogP contribution in [0, 0.1) is 0 Å². The lowest BCUT2D eigenvalue weighted by molar-refractivity contribution is -0.121. The van der Waals surface area contributed by atoms with Crippen molar-refractivity contribution < 1.29 is 9.59 Å². The number of hydrogen-bond acceptors (Lipinski definition) is 4. The average molecular weight is 265 g/mol. The minimum absolute atomic E-state index is 0. The number of carbonyl (C=O) groups excluding carboxylic acids is 2. The van der Waals surface area contributed by atoms with E-state index in [0.29, 0.717) is 12.6 Å². The molecule has 0 saturated carbocycles. The normalized spacial score (nSPS) is 20.2. The van der Waals surface area contributed by atoms with Crippen LogP contribution in [0.1, 0.15) is 13.8 Å². The molecule has 0 aromatic carbocycles. The molecule has 1 rings (SSSR count). The maximum atomic E-state index is 11.5. The molecule has 1 heterocycles. The Labute approximate surface area is 108 Å². The molecule has 7 heteroatoms. The molecule has 0 aromatic heterocycles. The topological polar surface area (TPSA) is 73.5 Å². The number of nitrogens with zero attached hydrogens (tertiary/aromatic N) is 1. The summed E-state index contributed by atoms with van der Waals surface area (Å²) in [4.78, 5) is 24.7. The van der Waals surface area contributed by atoms with Gasteiger partial charge < -0.3 is 10.6 Å². The van der Waals surface area contributed by atoms with Gasteiger partial charge in [0.1, 0.15) is 0 Å². The monoisotopic (exact) mass is 264 g/mol. The van der Waals surface area contributed by atoms with Gasteiger partial charge in [0.05, 0.1) is 6.54 Å². The lowest BCUT2D eigenvalue weighted by atomic mass is 10.2. The van der Waals surface area contributed by atoms with Gasteiger partial charge in [-0.3, -0.25) is 15.0 Å². The third-order valence-electron chi connectivity index (χ3n) is 2.58. The highest BCUT2D eigenvalue weighted by atomic mass is 35.5. The van der Waals surface area contributed by atoms with Gasteiger partial charge in [-0.05, 0) is 13.8 Å². The minimum atomic E-state index is -0.421. The number of amides is 3. The fourth-order valence-electron chi connectivity index (χ4n) is 1.67. The molecule has 3 amide bonds. The summed E-state index contributed by atoms with van der Waals surface area (Å²) in [6.07, 6.45) is 0. The molecular weight excluding hydrogens is 244 g/mol. The summed E-state index contributed by atoms with van der Waals surface area (Å²) in [7, 11) is 0. The molecule has 1 aliphatic rings. The number of rotatable bonds is 3. The first-order valence-corrected chi connectivity index (χ1v) is 5.66. The molecule has 100 valence electrons. The Morgan fingerprint density at radius 2 is 2.18 bits per heavy atom. The number of nitrogens with one attached hydrogen (secondary N) is 3. The van der Waals surface area contributed by atoms with Crippen molar-refractivity contribution in [1.82, 2.24) is 20.9 Å². The largest absolute Gasteiger partial charge is 0.338 e. The molecule has 0 unspecified atom stereocenters. The molecule has 1 fully saturated rings. The van der Waals surface area contributed by atoms with E-state index in [1.807, 2.05) is 6.92 Å². The number of piperazine rings is 1. The summed E-state index contributed by atoms with van der Waals surface area (Å²) < 4.78 is 0. The van der Waals surface area contributed by atoms with Crippen LogP contribution in [-0.2, 0) is 4.79 Å². The summed E-state index contributed by atoms with van der Waals surface area (Å²) in [6, 6.07) is -0.0935. The van der Waals surface area contributed by atoms with Crippen molar-refractivity contribution in [3.8, 4) is 0 Å². The summed E-state index contributed by atoms with van der Waals surface area (Å²) >= 11 is 0. The highest BCUT2D eigenvalue weighted by Gasteiger charge is 2.20. The molecule has 1 atom stereocenters. The molecule has 0 radical (unpaired) electrons. The van der Waals surface area contributed by atoms with Crippen LogP contribution >= 0.6 is 12.4 Å². The van der Waals surface area contributed by atoms with Crippen molar-refractivity contribution in [3.63, 3.8) is 0 Å². The zero-order valence-electron chi connectivity index (χ0n) is 10.3. The van der Waals surface area contributed by atoms with Gasteiger partial charge in [-0.15, -0.1) is 12.4 Å². The van der Waals surface area contributed by atoms with E-state index in [-0.39, 0.29) is 24.9 Å². The number of imide groups is 1. The smallest absolute Gasteiger partial charge is 0.321 e. The first-order chi connectivity index (χ1) is 7.63. The van der Waals surface area contributed by atoms with Crippen LogP contribution in [0.5, 0.6) is 0 Å². The van der Waals surface area contributed by atoms with Crippen molar-refractivity contribution in [2.24, 2.45) is 0 Å². The molecule has 0 bridgehead atoms. The zero-order valence-corrected chi connectivity index (χ0v) is 11.1. The summed E-state index contributed by atoms with van der Waals surface area (Å²) in [5.74, 6) is -0.250. The van der Waals surface area contributed by atoms with Gasteiger partial charge in [-0.2, -0.15) is 0 Å². The molecule has 17 heavy (non-hydrogen) atoms. The Morgan fingerprint density at radius 3 is 2.76 bits per heavy atom. The second kappa shape index (κ2) is 8.27. The van der Waals surface area contributed by atoms with E-state index in [0.717, 1.165) is 19.6 Å². The second-order valence-corrected chi connectivity index (χ2v) is 3.93. The van der Waals surface area contributed by atoms with Gasteiger partial charge in [-0.1, -0.05) is 0 Å².